The van der Waals surface area contributed by atoms with Crippen molar-refractivity contribution in [1.82, 2.24) is 14.1 Å². The monoisotopic (exact) mass is 877 g/mol. The summed E-state index contributed by atoms with van der Waals surface area (Å²) in [5, 5.41) is 3.29. The van der Waals surface area contributed by atoms with Crippen molar-refractivity contribution < 1.29 is 33.4 Å². The van der Waals surface area contributed by atoms with Crippen LogP contribution in [0.1, 0.15) is 150 Å². The maximum Gasteiger partial charge on any atom is 0.331 e. The Hall–Kier alpha value is -6.29. The van der Waals surface area contributed by atoms with E-state index in [1.54, 1.807) is 21.3 Å². The molecule has 3 aliphatic carbocycles. The number of Topliss-reactive ketones (excluding diaryl/α,β-unsaturated/α-hetero) is 1. The number of rotatable bonds is 2. The standard InChI is InChI=1S/C22H27NO3.C17H19NO2.C16H17NO2/c1-21(2,3)20(25)23-13-15-11-10-14(12-18(24)26-22(4,5)6)16-8-7-9-17(23)19(15)16;1-17(2,3)20-15(19)9-11-7-8-12-10-18-14-6-4-5-13(11)16(12)14;1-16(2,3)15(19)17-9-10-7-8-13(18)11-5-4-6-12(17)14(10)11/h7-9,12-13H,10-11H2,1-6H3;4-6,9-10,18H,7-8H2,1-3H3;4-6,9H,7-8H2,1-3H3/b14-12+;11-9+;. The number of esters is 2. The van der Waals surface area contributed by atoms with E-state index in [-0.39, 0.29) is 29.5 Å². The molecule has 3 heterocycles. The fourth-order valence-corrected chi connectivity index (χ4v) is 8.83. The molecule has 0 spiro atoms. The van der Waals surface area contributed by atoms with Crippen LogP contribution in [0, 0.1) is 10.8 Å². The van der Waals surface area contributed by atoms with Crippen LogP contribution in [0.15, 0.2) is 85.3 Å². The van der Waals surface area contributed by atoms with Crippen molar-refractivity contribution >= 4 is 73.4 Å². The number of benzene rings is 3. The maximum atomic E-state index is 12.8. The van der Waals surface area contributed by atoms with Crippen LogP contribution in [-0.2, 0) is 38.3 Å². The van der Waals surface area contributed by atoms with Gasteiger partial charge in [0, 0.05) is 75.2 Å². The molecule has 3 aromatic carbocycles. The first-order chi connectivity index (χ1) is 30.3. The minimum atomic E-state index is -0.511. The number of hydrogen-bond donors (Lipinski definition) is 1. The van der Waals surface area contributed by atoms with Gasteiger partial charge in [0.25, 0.3) is 0 Å². The topological polar surface area (TPSA) is 129 Å². The summed E-state index contributed by atoms with van der Waals surface area (Å²) in [6, 6.07) is 17.7. The molecule has 0 saturated carbocycles. The van der Waals surface area contributed by atoms with Gasteiger partial charge in [-0.1, -0.05) is 77.9 Å². The van der Waals surface area contributed by atoms with E-state index in [1.807, 2.05) is 138 Å². The number of aryl methyl sites for hydroxylation is 3. The van der Waals surface area contributed by atoms with Gasteiger partial charge in [-0.2, -0.15) is 0 Å². The molecule has 0 unspecified atom stereocenters. The summed E-state index contributed by atoms with van der Waals surface area (Å²) < 4.78 is 14.3. The van der Waals surface area contributed by atoms with Crippen LogP contribution in [0.2, 0.25) is 0 Å². The lowest BCUT2D eigenvalue weighted by molar-refractivity contribution is -0.149. The Labute approximate surface area is 382 Å². The van der Waals surface area contributed by atoms with Crippen LogP contribution in [-0.4, -0.2) is 54.9 Å². The molecular weight excluding hydrogens is 815 g/mol. The predicted octanol–water partition coefficient (Wildman–Crippen LogP) is 12.3. The maximum absolute atomic E-state index is 12.8. The van der Waals surface area contributed by atoms with E-state index in [4.69, 9.17) is 9.47 Å². The van der Waals surface area contributed by atoms with Crippen molar-refractivity contribution in [3.63, 3.8) is 0 Å². The normalized spacial score (nSPS) is 16.0. The molecule has 0 fully saturated rings. The second-order valence-electron chi connectivity index (χ2n) is 21.4. The van der Waals surface area contributed by atoms with E-state index in [2.05, 4.69) is 23.3 Å². The minimum absolute atomic E-state index is 0.0650. The van der Waals surface area contributed by atoms with E-state index in [0.29, 0.717) is 6.42 Å². The molecule has 3 aromatic heterocycles. The molecule has 9 rings (SSSR count). The third kappa shape index (κ3) is 10.0. The van der Waals surface area contributed by atoms with Gasteiger partial charge in [-0.15, -0.1) is 0 Å². The SMILES string of the molecule is CC(C)(C)C(=O)n1cc2c3c(cccc31)C(=O)CC2.CC(C)(C)OC(=O)/C=C1\CCc2c[nH]c3cccc1c23.CC(C)(C)OC(=O)/C=C1\CCc2cn(C(=O)C(C)(C)C)c3cccc1c23. The Morgan fingerprint density at radius 3 is 1.42 bits per heavy atom. The van der Waals surface area contributed by atoms with E-state index in [9.17, 15) is 24.0 Å². The molecule has 3 aliphatic rings. The predicted molar refractivity (Wildman–Crippen MR) is 259 cm³/mol. The number of carbonyl (C=O) groups is 5. The van der Waals surface area contributed by atoms with Crippen molar-refractivity contribution in [1.29, 1.82) is 0 Å². The van der Waals surface area contributed by atoms with Gasteiger partial charge in [-0.25, -0.2) is 9.59 Å². The molecule has 10 nitrogen and oxygen atoms in total. The smallest absolute Gasteiger partial charge is 0.331 e. The zero-order valence-electron chi connectivity index (χ0n) is 40.1. The molecule has 6 aromatic rings. The largest absolute Gasteiger partial charge is 0.457 e. The summed E-state index contributed by atoms with van der Waals surface area (Å²) in [4.78, 5) is 64.8. The van der Waals surface area contributed by atoms with Gasteiger partial charge >= 0.3 is 11.9 Å². The third-order valence-corrected chi connectivity index (χ3v) is 11.7. The van der Waals surface area contributed by atoms with Crippen molar-refractivity contribution in [3.05, 3.63) is 119 Å². The third-order valence-electron chi connectivity index (χ3n) is 11.7. The van der Waals surface area contributed by atoms with Crippen LogP contribution in [0.5, 0.6) is 0 Å². The van der Waals surface area contributed by atoms with Gasteiger partial charge in [-0.05, 0) is 131 Å². The summed E-state index contributed by atoms with van der Waals surface area (Å²) in [6.45, 7) is 22.8. The molecule has 340 valence electrons. The molecule has 0 bridgehead atoms. The molecule has 0 amide bonds. The van der Waals surface area contributed by atoms with E-state index in [1.165, 1.54) is 10.9 Å². The van der Waals surface area contributed by atoms with Crippen LogP contribution >= 0.6 is 0 Å². The first-order valence-corrected chi connectivity index (χ1v) is 22.7. The van der Waals surface area contributed by atoms with E-state index >= 15 is 0 Å². The van der Waals surface area contributed by atoms with Crippen molar-refractivity contribution in [2.45, 2.75) is 133 Å². The van der Waals surface area contributed by atoms with Gasteiger partial charge in [0.15, 0.2) is 5.78 Å². The summed E-state index contributed by atoms with van der Waals surface area (Å²) >= 11 is 0. The highest BCUT2D eigenvalue weighted by Gasteiger charge is 2.30. The van der Waals surface area contributed by atoms with Gasteiger partial charge < -0.3 is 14.5 Å². The van der Waals surface area contributed by atoms with Crippen LogP contribution < -0.4 is 0 Å². The summed E-state index contributed by atoms with van der Waals surface area (Å²) in [5.41, 5.74) is 9.63. The van der Waals surface area contributed by atoms with Gasteiger partial charge in [0.05, 0.1) is 11.0 Å². The summed E-state index contributed by atoms with van der Waals surface area (Å²) in [5.74, 6) is -0.263. The molecule has 65 heavy (non-hydrogen) atoms. The molecule has 0 radical (unpaired) electrons. The number of aromatic nitrogens is 3. The average molecular weight is 878 g/mol. The Morgan fingerprint density at radius 1 is 0.523 bits per heavy atom. The van der Waals surface area contributed by atoms with E-state index < -0.39 is 22.0 Å². The highest BCUT2D eigenvalue weighted by atomic mass is 16.6. The van der Waals surface area contributed by atoms with E-state index in [0.717, 1.165) is 98.4 Å². The Balaban J connectivity index is 0.000000148. The van der Waals surface area contributed by atoms with Crippen LogP contribution in [0.4, 0.5) is 0 Å². The average Bonchev–Trinajstić information content (AvgIpc) is 3.92. The van der Waals surface area contributed by atoms with Gasteiger partial charge in [0.2, 0.25) is 11.8 Å². The highest BCUT2D eigenvalue weighted by Crippen LogP contribution is 2.39. The summed E-state index contributed by atoms with van der Waals surface area (Å²) in [6.07, 6.45) is 13.9. The number of hydrogen-bond acceptors (Lipinski definition) is 7. The number of ketones is 1. The van der Waals surface area contributed by atoms with Crippen molar-refractivity contribution in [3.8, 4) is 0 Å². The van der Waals surface area contributed by atoms with Gasteiger partial charge in [0.1, 0.15) is 11.2 Å². The number of H-pyrrole nitrogens is 1. The van der Waals surface area contributed by atoms with Crippen molar-refractivity contribution in [2.75, 3.05) is 0 Å². The lowest BCUT2D eigenvalue weighted by atomic mass is 9.88. The Bertz CT molecular complexity index is 2950. The number of nitrogens with zero attached hydrogens (tertiary/aromatic N) is 2. The first-order valence-electron chi connectivity index (χ1n) is 22.7. The first kappa shape index (κ1) is 46.7. The fourth-order valence-electron chi connectivity index (χ4n) is 8.83. The second-order valence-corrected chi connectivity index (χ2v) is 21.4. The zero-order chi connectivity index (χ0) is 47.4. The molecule has 0 aliphatic heterocycles. The lowest BCUT2D eigenvalue weighted by Gasteiger charge is -2.20. The summed E-state index contributed by atoms with van der Waals surface area (Å²) in [7, 11) is 0. The number of nitrogens with one attached hydrogen (secondary N) is 1. The quantitative estimate of drug-likeness (QED) is 0.135. The Kier molecular flexibility index (Phi) is 12.4. The number of carbonyl (C=O) groups excluding carboxylic acids is 5. The molecule has 0 saturated heterocycles. The minimum Gasteiger partial charge on any atom is -0.457 e. The second kappa shape index (κ2) is 17.3. The Morgan fingerprint density at radius 2 is 0.938 bits per heavy atom. The van der Waals surface area contributed by atoms with Crippen LogP contribution in [0.25, 0.3) is 43.9 Å². The zero-order valence-corrected chi connectivity index (χ0v) is 40.1. The molecule has 0 atom stereocenters. The number of allylic oxidation sites excluding steroid dienone is 2. The van der Waals surface area contributed by atoms with Gasteiger partial charge in [-0.3, -0.25) is 23.5 Å². The lowest BCUT2D eigenvalue weighted by Crippen LogP contribution is -2.26. The fraction of sp³-hybridized carbons (Fsp3) is 0.400. The molecule has 1 N–H and O–H groups in total. The van der Waals surface area contributed by atoms with Crippen LogP contribution in [0.3, 0.4) is 0 Å². The molecule has 10 heteroatoms. The number of aromatic amines is 1. The molecular formula is C55H63N3O7. The number of ether oxygens (including phenoxy) is 2. The van der Waals surface area contributed by atoms with Crippen molar-refractivity contribution in [2.24, 2.45) is 10.8 Å². The highest BCUT2D eigenvalue weighted by molar-refractivity contribution is 6.12.